The molecule has 0 atom stereocenters. The Kier molecular flexibility index (Phi) is 6.14. The molecule has 0 aliphatic carbocycles. The maximum atomic E-state index is 14.1. The van der Waals surface area contributed by atoms with Crippen LogP contribution in [0.2, 0.25) is 0 Å². The first kappa shape index (κ1) is 23.1. The molecule has 0 radical (unpaired) electrons. The lowest BCUT2D eigenvalue weighted by Gasteiger charge is -2.15. The van der Waals surface area contributed by atoms with Gasteiger partial charge in [0.05, 0.1) is 11.3 Å². The molecule has 0 bridgehead atoms. The van der Waals surface area contributed by atoms with Crippen LogP contribution in [0.5, 0.6) is 5.75 Å². The number of amides is 1. The molecule has 3 aromatic rings. The second-order valence-electron chi connectivity index (χ2n) is 7.23. The number of anilines is 1. The van der Waals surface area contributed by atoms with Gasteiger partial charge in [-0.25, -0.2) is 26.3 Å². The summed E-state index contributed by atoms with van der Waals surface area (Å²) in [6.07, 6.45) is 1.34. The molecule has 0 N–H and O–H groups in total. The minimum Gasteiger partial charge on any atom is -0.489 e. The van der Waals surface area contributed by atoms with Crippen molar-refractivity contribution >= 4 is 23.4 Å². The number of hydrogen-bond acceptors (Lipinski definition) is 3. The summed E-state index contributed by atoms with van der Waals surface area (Å²) in [5.41, 5.74) is -0.723. The Bertz CT molecular complexity index is 1320. The first-order valence-electron chi connectivity index (χ1n) is 9.78. The number of hydrogen-bond donors (Lipinski definition) is 0. The monoisotopic (exact) mass is 476 g/mol. The Morgan fingerprint density at radius 3 is 2.06 bits per heavy atom. The lowest BCUT2D eigenvalue weighted by molar-refractivity contribution is -0.114. The summed E-state index contributed by atoms with van der Waals surface area (Å²) < 4.78 is 87.9. The van der Waals surface area contributed by atoms with Crippen molar-refractivity contribution in [2.45, 2.75) is 13.5 Å². The van der Waals surface area contributed by atoms with E-state index in [0.29, 0.717) is 16.9 Å². The van der Waals surface area contributed by atoms with Gasteiger partial charge in [0.1, 0.15) is 23.9 Å². The number of nitrogens with zero attached hydrogens (tertiary/aromatic N) is 2. The standard InChI is InChI=1S/C24H14F6N2O2/c1-12-16(24(33)32(31-12)23-21(29)19(27)18(26)20(28)22(23)30)10-13-6-8-15(9-7-13)34-11-14-4-2-3-5-17(14)25/h2-10H,11H2,1H3/b16-10+. The van der Waals surface area contributed by atoms with E-state index in [2.05, 4.69) is 5.10 Å². The maximum Gasteiger partial charge on any atom is 0.280 e. The minimum absolute atomic E-state index is 0.00572. The topological polar surface area (TPSA) is 41.9 Å². The summed E-state index contributed by atoms with van der Waals surface area (Å²) in [5.74, 6) is -12.1. The normalized spacial score (nSPS) is 14.7. The number of benzene rings is 3. The minimum atomic E-state index is -2.33. The van der Waals surface area contributed by atoms with Gasteiger partial charge in [-0.2, -0.15) is 10.1 Å². The molecule has 10 heteroatoms. The van der Waals surface area contributed by atoms with Gasteiger partial charge in [-0.1, -0.05) is 30.3 Å². The lowest BCUT2D eigenvalue weighted by atomic mass is 10.1. The number of carbonyl (C=O) groups excluding carboxylic acids is 1. The fourth-order valence-corrected chi connectivity index (χ4v) is 3.22. The van der Waals surface area contributed by atoms with Crippen LogP contribution in [-0.4, -0.2) is 11.6 Å². The van der Waals surface area contributed by atoms with Crippen molar-refractivity contribution in [1.82, 2.24) is 0 Å². The third-order valence-electron chi connectivity index (χ3n) is 5.00. The number of carbonyl (C=O) groups is 1. The van der Waals surface area contributed by atoms with Crippen LogP contribution in [0, 0.1) is 34.9 Å². The molecule has 0 aromatic heterocycles. The highest BCUT2D eigenvalue weighted by molar-refractivity contribution is 6.32. The fraction of sp³-hybridized carbons (Fsp3) is 0.0833. The molecular weight excluding hydrogens is 462 g/mol. The van der Waals surface area contributed by atoms with E-state index in [1.54, 1.807) is 42.5 Å². The van der Waals surface area contributed by atoms with Gasteiger partial charge in [0.15, 0.2) is 23.3 Å². The summed E-state index contributed by atoms with van der Waals surface area (Å²) in [7, 11) is 0. The van der Waals surface area contributed by atoms with Crippen LogP contribution in [0.25, 0.3) is 6.08 Å². The van der Waals surface area contributed by atoms with Gasteiger partial charge in [0.25, 0.3) is 5.91 Å². The van der Waals surface area contributed by atoms with Crippen LogP contribution in [-0.2, 0) is 11.4 Å². The number of ether oxygens (including phenoxy) is 1. The van der Waals surface area contributed by atoms with Crippen LogP contribution in [0.4, 0.5) is 32.0 Å². The SMILES string of the molecule is CC1=NN(c2c(F)c(F)c(F)c(F)c2F)C(=O)/C1=C/c1ccc(OCc2ccccc2F)cc1. The van der Waals surface area contributed by atoms with Crippen LogP contribution in [0.3, 0.4) is 0 Å². The fourth-order valence-electron chi connectivity index (χ4n) is 3.22. The van der Waals surface area contributed by atoms with Gasteiger partial charge in [-0.15, -0.1) is 0 Å². The third-order valence-corrected chi connectivity index (χ3v) is 5.00. The van der Waals surface area contributed by atoms with Gasteiger partial charge < -0.3 is 4.74 Å². The van der Waals surface area contributed by atoms with Crippen molar-refractivity contribution in [3.05, 3.63) is 100 Å². The second-order valence-corrected chi connectivity index (χ2v) is 7.23. The molecule has 1 aliphatic rings. The molecule has 1 heterocycles. The smallest absolute Gasteiger partial charge is 0.280 e. The summed E-state index contributed by atoms with van der Waals surface area (Å²) in [5, 5.41) is 3.82. The van der Waals surface area contributed by atoms with Crippen LogP contribution < -0.4 is 9.75 Å². The zero-order valence-corrected chi connectivity index (χ0v) is 17.4. The molecule has 0 spiro atoms. The van der Waals surface area contributed by atoms with E-state index in [1.807, 2.05) is 0 Å². The molecule has 34 heavy (non-hydrogen) atoms. The van der Waals surface area contributed by atoms with Gasteiger partial charge in [-0.3, -0.25) is 4.79 Å². The predicted molar refractivity (Wildman–Crippen MR) is 112 cm³/mol. The van der Waals surface area contributed by atoms with Crippen LogP contribution >= 0.6 is 0 Å². The molecule has 1 amide bonds. The predicted octanol–water partition coefficient (Wildman–Crippen LogP) is 5.91. The van der Waals surface area contributed by atoms with Crippen molar-refractivity contribution in [3.63, 3.8) is 0 Å². The molecule has 1 aliphatic heterocycles. The van der Waals surface area contributed by atoms with Gasteiger partial charge >= 0.3 is 0 Å². The summed E-state index contributed by atoms with van der Waals surface area (Å²) >= 11 is 0. The first-order valence-corrected chi connectivity index (χ1v) is 9.78. The van der Waals surface area contributed by atoms with Crippen molar-refractivity contribution in [2.75, 3.05) is 5.01 Å². The Morgan fingerprint density at radius 2 is 1.44 bits per heavy atom. The van der Waals surface area contributed by atoms with Crippen molar-refractivity contribution in [2.24, 2.45) is 5.10 Å². The molecule has 0 saturated carbocycles. The highest BCUT2D eigenvalue weighted by Crippen LogP contribution is 2.34. The van der Waals surface area contributed by atoms with E-state index in [1.165, 1.54) is 19.1 Å². The summed E-state index contributed by atoms with van der Waals surface area (Å²) in [4.78, 5) is 12.7. The largest absolute Gasteiger partial charge is 0.489 e. The average molecular weight is 476 g/mol. The number of halogens is 6. The first-order chi connectivity index (χ1) is 16.2. The Balaban J connectivity index is 1.55. The quantitative estimate of drug-likeness (QED) is 0.199. The highest BCUT2D eigenvalue weighted by atomic mass is 19.2. The molecule has 4 rings (SSSR count). The zero-order chi connectivity index (χ0) is 24.6. The summed E-state index contributed by atoms with van der Waals surface area (Å²) in [6, 6.07) is 12.4. The molecule has 3 aromatic carbocycles. The molecule has 0 fully saturated rings. The molecule has 0 unspecified atom stereocenters. The number of hydrazone groups is 1. The Labute approximate surface area is 189 Å². The molecular formula is C24H14F6N2O2. The van der Waals surface area contributed by atoms with E-state index in [-0.39, 0.29) is 22.9 Å². The van der Waals surface area contributed by atoms with E-state index in [0.717, 1.165) is 0 Å². The van der Waals surface area contributed by atoms with Gasteiger partial charge in [-0.05, 0) is 36.8 Å². The van der Waals surface area contributed by atoms with Gasteiger partial charge in [0.2, 0.25) is 5.82 Å². The maximum absolute atomic E-state index is 14.1. The molecule has 4 nitrogen and oxygen atoms in total. The number of rotatable bonds is 5. The molecule has 174 valence electrons. The van der Waals surface area contributed by atoms with E-state index < -0.39 is 46.5 Å². The highest BCUT2D eigenvalue weighted by Gasteiger charge is 2.36. The van der Waals surface area contributed by atoms with E-state index >= 15 is 0 Å². The van der Waals surface area contributed by atoms with Crippen LogP contribution in [0.15, 0.2) is 59.2 Å². The Morgan fingerprint density at radius 1 is 0.853 bits per heavy atom. The average Bonchev–Trinajstić information content (AvgIpc) is 3.10. The lowest BCUT2D eigenvalue weighted by Crippen LogP contribution is -2.25. The van der Waals surface area contributed by atoms with E-state index in [4.69, 9.17) is 4.74 Å². The Hall–Kier alpha value is -4.08. The summed E-state index contributed by atoms with van der Waals surface area (Å²) in [6.45, 7) is 1.34. The van der Waals surface area contributed by atoms with Gasteiger partial charge in [0, 0.05) is 5.56 Å². The van der Waals surface area contributed by atoms with Crippen molar-refractivity contribution < 1.29 is 35.9 Å². The van der Waals surface area contributed by atoms with Crippen molar-refractivity contribution in [1.29, 1.82) is 0 Å². The second kappa shape index (κ2) is 9.05. The van der Waals surface area contributed by atoms with E-state index in [9.17, 15) is 31.1 Å². The van der Waals surface area contributed by atoms with Crippen molar-refractivity contribution in [3.8, 4) is 5.75 Å². The zero-order valence-electron chi connectivity index (χ0n) is 17.4. The van der Waals surface area contributed by atoms with Crippen LogP contribution in [0.1, 0.15) is 18.1 Å². The third kappa shape index (κ3) is 4.14. The molecule has 0 saturated heterocycles.